The Morgan fingerprint density at radius 1 is 1.02 bits per heavy atom. The van der Waals surface area contributed by atoms with Crippen LogP contribution in [-0.2, 0) is 4.74 Å². The van der Waals surface area contributed by atoms with Gasteiger partial charge in [-0.25, -0.2) is 4.98 Å². The Morgan fingerprint density at radius 2 is 1.82 bits per heavy atom. The summed E-state index contributed by atoms with van der Waals surface area (Å²) >= 11 is 0. The predicted octanol–water partition coefficient (Wildman–Crippen LogP) is 5.62. The Bertz CT molecular complexity index is 1480. The van der Waals surface area contributed by atoms with Crippen molar-refractivity contribution in [1.82, 2.24) is 14.9 Å². The van der Waals surface area contributed by atoms with Crippen LogP contribution in [0.1, 0.15) is 52.8 Å². The van der Waals surface area contributed by atoms with Crippen LogP contribution >= 0.6 is 0 Å². The minimum absolute atomic E-state index is 0.0121. The van der Waals surface area contributed by atoms with E-state index in [1.54, 1.807) is 42.3 Å². The summed E-state index contributed by atoms with van der Waals surface area (Å²) in [5.74, 6) is 2.07. The number of rotatable bonds is 10. The lowest BCUT2D eigenvalue weighted by Gasteiger charge is -2.23. The van der Waals surface area contributed by atoms with Gasteiger partial charge >= 0.3 is 0 Å². The van der Waals surface area contributed by atoms with Crippen LogP contribution in [0.5, 0.6) is 17.2 Å². The molecule has 0 atom stereocenters. The quantitative estimate of drug-likeness (QED) is 0.251. The zero-order valence-electron chi connectivity index (χ0n) is 22.8. The van der Waals surface area contributed by atoms with E-state index in [2.05, 4.69) is 15.6 Å². The topological polar surface area (TPSA) is 104 Å². The Labute approximate surface area is 233 Å². The minimum Gasteiger partial charge on any atom is -0.487 e. The van der Waals surface area contributed by atoms with Gasteiger partial charge in [-0.3, -0.25) is 14.2 Å². The number of aromatic nitrogens is 2. The van der Waals surface area contributed by atoms with Gasteiger partial charge in [0.1, 0.15) is 18.2 Å². The maximum atomic E-state index is 12.9. The summed E-state index contributed by atoms with van der Waals surface area (Å²) in [6, 6.07) is 16.7. The highest BCUT2D eigenvalue weighted by atomic mass is 16.5. The van der Waals surface area contributed by atoms with Crippen molar-refractivity contribution in [3.63, 3.8) is 0 Å². The molecule has 3 heterocycles. The third kappa shape index (κ3) is 6.32. The number of pyridine rings is 1. The van der Waals surface area contributed by atoms with Crippen molar-refractivity contribution in [2.75, 3.05) is 38.7 Å². The molecule has 9 nitrogen and oxygen atoms in total. The Morgan fingerprint density at radius 3 is 2.58 bits per heavy atom. The number of ether oxygens (including phenoxy) is 3. The van der Waals surface area contributed by atoms with Gasteiger partial charge in [-0.1, -0.05) is 19.1 Å². The van der Waals surface area contributed by atoms with Gasteiger partial charge in [0, 0.05) is 49.0 Å². The first-order valence-electron chi connectivity index (χ1n) is 13.6. The van der Waals surface area contributed by atoms with Crippen molar-refractivity contribution < 1.29 is 23.8 Å². The number of fused-ring (bicyclic) bond motifs is 1. The van der Waals surface area contributed by atoms with Crippen LogP contribution < -0.4 is 20.1 Å². The number of carbonyl (C=O) groups excluding carboxylic acids is 2. The molecule has 0 saturated carbocycles. The number of carbonyl (C=O) groups is 2. The number of amides is 1. The van der Waals surface area contributed by atoms with Crippen molar-refractivity contribution in [2.24, 2.45) is 0 Å². The van der Waals surface area contributed by atoms with E-state index in [-0.39, 0.29) is 11.8 Å². The lowest BCUT2D eigenvalue weighted by Crippen LogP contribution is -2.26. The van der Waals surface area contributed by atoms with Crippen LogP contribution in [0.15, 0.2) is 67.0 Å². The standard InChI is InChI=1S/C31H34N4O5/c1-3-30(36)35-15-11-24-18-28(27(20-26(24)35)39-17-16-38-2)40-25-10-14-33-29(19-25)34-31(37)23-6-4-21(5-7-23)22-8-12-32-13-9-22/h4-7,10-11,14-15,18-20,22,32H,3,8-9,12-13,16-17H2,1-2H3,(H,33,34,37). The van der Waals surface area contributed by atoms with Gasteiger partial charge < -0.3 is 24.8 Å². The Kier molecular flexibility index (Phi) is 8.73. The van der Waals surface area contributed by atoms with Crippen molar-refractivity contribution in [2.45, 2.75) is 32.1 Å². The average molecular weight is 543 g/mol. The summed E-state index contributed by atoms with van der Waals surface area (Å²) < 4.78 is 18.9. The van der Waals surface area contributed by atoms with E-state index in [1.165, 1.54) is 5.56 Å². The van der Waals surface area contributed by atoms with Gasteiger partial charge in [-0.15, -0.1) is 0 Å². The van der Waals surface area contributed by atoms with Gasteiger partial charge in [0.2, 0.25) is 5.91 Å². The molecule has 1 saturated heterocycles. The second-order valence-corrected chi connectivity index (χ2v) is 9.71. The third-order valence-electron chi connectivity index (χ3n) is 7.06. The molecule has 1 fully saturated rings. The van der Waals surface area contributed by atoms with Crippen LogP contribution in [0.2, 0.25) is 0 Å². The molecule has 1 aliphatic heterocycles. The van der Waals surface area contributed by atoms with E-state index in [1.807, 2.05) is 43.3 Å². The summed E-state index contributed by atoms with van der Waals surface area (Å²) in [4.78, 5) is 29.6. The number of hydrogen-bond donors (Lipinski definition) is 2. The van der Waals surface area contributed by atoms with Gasteiger partial charge in [0.25, 0.3) is 5.91 Å². The molecule has 0 unspecified atom stereocenters. The van der Waals surface area contributed by atoms with E-state index >= 15 is 0 Å². The lowest BCUT2D eigenvalue weighted by molar-refractivity contribution is 0.0913. The zero-order chi connectivity index (χ0) is 27.9. The van der Waals surface area contributed by atoms with Crippen molar-refractivity contribution in [3.8, 4) is 17.2 Å². The molecule has 0 bridgehead atoms. The van der Waals surface area contributed by atoms with Crippen LogP contribution in [0.25, 0.3) is 10.9 Å². The fraction of sp³-hybridized carbons (Fsp3) is 0.323. The fourth-order valence-electron chi connectivity index (χ4n) is 4.88. The Hall–Kier alpha value is -4.21. The highest BCUT2D eigenvalue weighted by Gasteiger charge is 2.17. The van der Waals surface area contributed by atoms with Gasteiger partial charge in [0.15, 0.2) is 11.5 Å². The van der Waals surface area contributed by atoms with Crippen LogP contribution in [0, 0.1) is 0 Å². The summed E-state index contributed by atoms with van der Waals surface area (Å²) in [5.41, 5.74) is 2.57. The number of hydrogen-bond acceptors (Lipinski definition) is 7. The van der Waals surface area contributed by atoms with Crippen LogP contribution in [0.4, 0.5) is 5.82 Å². The van der Waals surface area contributed by atoms with E-state index in [4.69, 9.17) is 14.2 Å². The van der Waals surface area contributed by atoms with Crippen LogP contribution in [0.3, 0.4) is 0 Å². The summed E-state index contributed by atoms with van der Waals surface area (Å²) in [5, 5.41) is 7.09. The number of nitrogens with one attached hydrogen (secondary N) is 2. The molecule has 208 valence electrons. The molecule has 2 N–H and O–H groups in total. The first-order chi connectivity index (χ1) is 19.6. The highest BCUT2D eigenvalue weighted by molar-refractivity contribution is 6.03. The van der Waals surface area contributed by atoms with Crippen molar-refractivity contribution >= 4 is 28.5 Å². The number of anilines is 1. The van der Waals surface area contributed by atoms with Crippen molar-refractivity contribution in [3.05, 3.63) is 78.1 Å². The minimum atomic E-state index is -0.242. The average Bonchev–Trinajstić information content (AvgIpc) is 3.40. The molecule has 4 aromatic rings. The second-order valence-electron chi connectivity index (χ2n) is 9.71. The molecular formula is C31H34N4O5. The van der Waals surface area contributed by atoms with Crippen LogP contribution in [-0.4, -0.2) is 54.8 Å². The number of benzene rings is 2. The second kappa shape index (κ2) is 12.8. The first kappa shape index (κ1) is 27.4. The molecule has 0 spiro atoms. The summed E-state index contributed by atoms with van der Waals surface area (Å²) in [6.45, 7) is 4.59. The number of piperidine rings is 1. The lowest BCUT2D eigenvalue weighted by atomic mass is 9.90. The summed E-state index contributed by atoms with van der Waals surface area (Å²) in [6.07, 6.45) is 5.92. The SMILES string of the molecule is CCC(=O)n1ccc2cc(Oc3ccnc(NC(=O)c4ccc(C5CCNCC5)cc4)c3)c(OCCOC)cc21. The van der Waals surface area contributed by atoms with E-state index in [0.29, 0.717) is 54.2 Å². The van der Waals surface area contributed by atoms with E-state index in [0.717, 1.165) is 36.8 Å². The molecular weight excluding hydrogens is 508 g/mol. The van der Waals surface area contributed by atoms with E-state index in [9.17, 15) is 9.59 Å². The molecule has 9 heteroatoms. The number of methoxy groups -OCH3 is 1. The van der Waals surface area contributed by atoms with Crippen molar-refractivity contribution in [1.29, 1.82) is 0 Å². The molecule has 0 aliphatic carbocycles. The van der Waals surface area contributed by atoms with Gasteiger partial charge in [0.05, 0.1) is 12.1 Å². The third-order valence-corrected chi connectivity index (χ3v) is 7.06. The van der Waals surface area contributed by atoms with Gasteiger partial charge in [-0.05, 0) is 67.7 Å². The normalized spacial score (nSPS) is 13.8. The van der Waals surface area contributed by atoms with Gasteiger partial charge in [-0.2, -0.15) is 0 Å². The van der Waals surface area contributed by atoms with E-state index < -0.39 is 0 Å². The maximum Gasteiger partial charge on any atom is 0.256 e. The Balaban J connectivity index is 1.32. The molecule has 0 radical (unpaired) electrons. The maximum absolute atomic E-state index is 12.9. The first-order valence-corrected chi connectivity index (χ1v) is 13.6. The summed E-state index contributed by atoms with van der Waals surface area (Å²) in [7, 11) is 1.60. The molecule has 2 aromatic heterocycles. The fourth-order valence-corrected chi connectivity index (χ4v) is 4.88. The smallest absolute Gasteiger partial charge is 0.256 e. The monoisotopic (exact) mass is 542 g/mol. The molecule has 1 amide bonds. The predicted molar refractivity (Wildman–Crippen MR) is 154 cm³/mol. The number of nitrogens with zero attached hydrogens (tertiary/aromatic N) is 2. The molecule has 40 heavy (non-hydrogen) atoms. The highest BCUT2D eigenvalue weighted by Crippen LogP contribution is 2.37. The molecule has 2 aromatic carbocycles. The zero-order valence-corrected chi connectivity index (χ0v) is 22.8. The molecule has 1 aliphatic rings. The largest absolute Gasteiger partial charge is 0.487 e. The molecule has 5 rings (SSSR count).